The summed E-state index contributed by atoms with van der Waals surface area (Å²) >= 11 is 0. The number of tetrazole rings is 1. The van der Waals surface area contributed by atoms with Gasteiger partial charge in [0.25, 0.3) is 0 Å². The van der Waals surface area contributed by atoms with Crippen molar-refractivity contribution in [3.63, 3.8) is 0 Å². The third kappa shape index (κ3) is 3.79. The fourth-order valence-corrected chi connectivity index (χ4v) is 2.17. The Morgan fingerprint density at radius 2 is 1.83 bits per heavy atom. The first-order chi connectivity index (χ1) is 11.2. The minimum Gasteiger partial charge on any atom is -0.324 e. The van der Waals surface area contributed by atoms with Gasteiger partial charge in [0.15, 0.2) is 0 Å². The molecule has 0 spiro atoms. The molecule has 0 atom stereocenters. The monoisotopic (exact) mass is 307 g/mol. The summed E-state index contributed by atoms with van der Waals surface area (Å²) < 4.78 is 0. The quantitative estimate of drug-likeness (QED) is 0.786. The van der Waals surface area contributed by atoms with Crippen molar-refractivity contribution < 1.29 is 4.79 Å². The van der Waals surface area contributed by atoms with E-state index < -0.39 is 0 Å². The number of para-hydroxylation sites is 1. The molecule has 0 aliphatic heterocycles. The summed E-state index contributed by atoms with van der Waals surface area (Å²) in [4.78, 5) is 13.3. The van der Waals surface area contributed by atoms with E-state index in [2.05, 4.69) is 27.7 Å². The molecule has 0 radical (unpaired) electrons. The van der Waals surface area contributed by atoms with Crippen LogP contribution < -0.4 is 5.32 Å². The van der Waals surface area contributed by atoms with Crippen LogP contribution in [0.4, 0.5) is 5.69 Å². The van der Waals surface area contributed by atoms with Gasteiger partial charge in [0.1, 0.15) is 6.54 Å². The minimum absolute atomic E-state index is 0.0228. The number of benzene rings is 2. The SMILES string of the molecule is CCc1ccc(-c2nnn(CC(=O)Nc3ccccc3)n2)cc1. The number of nitrogens with zero attached hydrogens (tertiary/aromatic N) is 4. The van der Waals surface area contributed by atoms with E-state index in [4.69, 9.17) is 0 Å². The zero-order valence-electron chi connectivity index (χ0n) is 12.8. The summed E-state index contributed by atoms with van der Waals surface area (Å²) in [5.74, 6) is 0.321. The average Bonchev–Trinajstić information content (AvgIpc) is 3.04. The summed E-state index contributed by atoms with van der Waals surface area (Å²) in [6.07, 6.45) is 0.986. The Labute approximate surface area is 134 Å². The average molecular weight is 307 g/mol. The Hall–Kier alpha value is -3.02. The van der Waals surface area contributed by atoms with E-state index in [0.717, 1.165) is 17.7 Å². The number of carbonyl (C=O) groups is 1. The largest absolute Gasteiger partial charge is 0.324 e. The summed E-state index contributed by atoms with van der Waals surface area (Å²) in [6, 6.07) is 17.3. The fraction of sp³-hybridized carbons (Fsp3) is 0.176. The first-order valence-electron chi connectivity index (χ1n) is 7.46. The number of rotatable bonds is 5. The molecule has 3 aromatic rings. The lowest BCUT2D eigenvalue weighted by molar-refractivity contribution is -0.117. The van der Waals surface area contributed by atoms with Crippen LogP contribution in [0.3, 0.4) is 0 Å². The molecule has 0 fully saturated rings. The minimum atomic E-state index is -0.193. The zero-order chi connectivity index (χ0) is 16.1. The molecular formula is C17H17N5O. The van der Waals surface area contributed by atoms with Crippen LogP contribution >= 0.6 is 0 Å². The van der Waals surface area contributed by atoms with E-state index in [9.17, 15) is 4.79 Å². The van der Waals surface area contributed by atoms with Gasteiger partial charge in [-0.3, -0.25) is 4.79 Å². The van der Waals surface area contributed by atoms with Gasteiger partial charge in [0.2, 0.25) is 11.7 Å². The van der Waals surface area contributed by atoms with Gasteiger partial charge in [-0.25, -0.2) is 0 Å². The van der Waals surface area contributed by atoms with Crippen LogP contribution in [0.2, 0.25) is 0 Å². The van der Waals surface area contributed by atoms with Crippen LogP contribution in [0.1, 0.15) is 12.5 Å². The molecule has 0 saturated heterocycles. The third-order valence-electron chi connectivity index (χ3n) is 3.42. The molecule has 23 heavy (non-hydrogen) atoms. The third-order valence-corrected chi connectivity index (χ3v) is 3.42. The van der Waals surface area contributed by atoms with E-state index in [1.807, 2.05) is 54.6 Å². The number of amides is 1. The molecule has 1 heterocycles. The molecule has 1 N–H and O–H groups in total. The highest BCUT2D eigenvalue weighted by atomic mass is 16.2. The lowest BCUT2D eigenvalue weighted by atomic mass is 10.1. The summed E-state index contributed by atoms with van der Waals surface area (Å²) in [5.41, 5.74) is 2.88. The number of anilines is 1. The number of hydrogen-bond acceptors (Lipinski definition) is 4. The van der Waals surface area contributed by atoms with Gasteiger partial charge in [-0.05, 0) is 29.3 Å². The number of aromatic nitrogens is 4. The van der Waals surface area contributed by atoms with Gasteiger partial charge < -0.3 is 5.32 Å². The second kappa shape index (κ2) is 6.83. The predicted molar refractivity (Wildman–Crippen MR) is 87.7 cm³/mol. The predicted octanol–water partition coefficient (Wildman–Crippen LogP) is 2.54. The van der Waals surface area contributed by atoms with Crippen molar-refractivity contribution in [1.82, 2.24) is 20.2 Å². The zero-order valence-corrected chi connectivity index (χ0v) is 12.8. The van der Waals surface area contributed by atoms with Crippen LogP contribution in [0.25, 0.3) is 11.4 Å². The molecular weight excluding hydrogens is 290 g/mol. The molecule has 1 amide bonds. The van der Waals surface area contributed by atoms with Crippen molar-refractivity contribution >= 4 is 11.6 Å². The number of hydrogen-bond donors (Lipinski definition) is 1. The molecule has 0 aliphatic carbocycles. The lowest BCUT2D eigenvalue weighted by Gasteiger charge is -2.03. The summed E-state index contributed by atoms with van der Waals surface area (Å²) in [6.45, 7) is 2.13. The van der Waals surface area contributed by atoms with E-state index in [-0.39, 0.29) is 12.5 Å². The Bertz CT molecular complexity index is 780. The normalized spacial score (nSPS) is 10.5. The van der Waals surface area contributed by atoms with Crippen molar-refractivity contribution in [2.75, 3.05) is 5.32 Å². The number of aryl methyl sites for hydroxylation is 1. The summed E-state index contributed by atoms with van der Waals surface area (Å²) in [7, 11) is 0. The van der Waals surface area contributed by atoms with Gasteiger partial charge in [-0.15, -0.1) is 10.2 Å². The molecule has 2 aromatic carbocycles. The van der Waals surface area contributed by atoms with Crippen molar-refractivity contribution in [3.05, 3.63) is 60.2 Å². The van der Waals surface area contributed by atoms with Crippen molar-refractivity contribution in [1.29, 1.82) is 0 Å². The smallest absolute Gasteiger partial charge is 0.248 e. The second-order valence-corrected chi connectivity index (χ2v) is 5.11. The fourth-order valence-electron chi connectivity index (χ4n) is 2.17. The van der Waals surface area contributed by atoms with Crippen LogP contribution in [-0.2, 0) is 17.8 Å². The first kappa shape index (κ1) is 14.9. The molecule has 0 aliphatic rings. The number of carbonyl (C=O) groups excluding carboxylic acids is 1. The van der Waals surface area contributed by atoms with E-state index in [0.29, 0.717) is 5.82 Å². The van der Waals surface area contributed by atoms with E-state index >= 15 is 0 Å². The molecule has 6 nitrogen and oxygen atoms in total. The Kier molecular flexibility index (Phi) is 4.42. The topological polar surface area (TPSA) is 72.7 Å². The summed E-state index contributed by atoms with van der Waals surface area (Å²) in [5, 5.41) is 15.0. The van der Waals surface area contributed by atoms with Gasteiger partial charge >= 0.3 is 0 Å². The Morgan fingerprint density at radius 1 is 1.09 bits per heavy atom. The highest BCUT2D eigenvalue weighted by Crippen LogP contribution is 2.14. The Morgan fingerprint density at radius 3 is 2.52 bits per heavy atom. The van der Waals surface area contributed by atoms with E-state index in [1.54, 1.807) is 0 Å². The van der Waals surface area contributed by atoms with Crippen molar-refractivity contribution in [2.45, 2.75) is 19.9 Å². The van der Waals surface area contributed by atoms with Gasteiger partial charge in [-0.1, -0.05) is 49.4 Å². The van der Waals surface area contributed by atoms with Crippen LogP contribution in [-0.4, -0.2) is 26.1 Å². The van der Waals surface area contributed by atoms with E-state index in [1.165, 1.54) is 10.4 Å². The van der Waals surface area contributed by atoms with Crippen LogP contribution in [0, 0.1) is 0 Å². The molecule has 1 aromatic heterocycles. The highest BCUT2D eigenvalue weighted by molar-refractivity contribution is 5.90. The van der Waals surface area contributed by atoms with Gasteiger partial charge in [-0.2, -0.15) is 4.80 Å². The molecule has 0 saturated carbocycles. The molecule has 3 rings (SSSR count). The second-order valence-electron chi connectivity index (χ2n) is 5.11. The first-order valence-corrected chi connectivity index (χ1v) is 7.46. The van der Waals surface area contributed by atoms with Crippen molar-refractivity contribution in [3.8, 4) is 11.4 Å². The molecule has 6 heteroatoms. The number of nitrogens with one attached hydrogen (secondary N) is 1. The molecule has 0 unspecified atom stereocenters. The standard InChI is InChI=1S/C17H17N5O/c1-2-13-8-10-14(11-9-13)17-19-21-22(20-17)12-16(23)18-15-6-4-3-5-7-15/h3-11H,2,12H2,1H3,(H,18,23). The van der Waals surface area contributed by atoms with Crippen LogP contribution in [0.5, 0.6) is 0 Å². The maximum atomic E-state index is 12.0. The van der Waals surface area contributed by atoms with Crippen molar-refractivity contribution in [2.24, 2.45) is 0 Å². The van der Waals surface area contributed by atoms with Gasteiger partial charge in [0, 0.05) is 11.3 Å². The van der Waals surface area contributed by atoms with Gasteiger partial charge in [0.05, 0.1) is 0 Å². The molecule has 0 bridgehead atoms. The maximum absolute atomic E-state index is 12.0. The lowest BCUT2D eigenvalue weighted by Crippen LogP contribution is -2.20. The Balaban J connectivity index is 1.65. The molecule has 116 valence electrons. The maximum Gasteiger partial charge on any atom is 0.248 e. The highest BCUT2D eigenvalue weighted by Gasteiger charge is 2.09. The van der Waals surface area contributed by atoms with Crippen LogP contribution in [0.15, 0.2) is 54.6 Å².